The Hall–Kier alpha value is -1.88. The molecule has 1 atom stereocenters. The smallest absolute Gasteiger partial charge is 0.162 e. The van der Waals surface area contributed by atoms with Crippen LogP contribution in [-0.2, 0) is 6.42 Å². The first-order chi connectivity index (χ1) is 9.41. The first-order valence-corrected chi connectivity index (χ1v) is 5.97. The lowest BCUT2D eigenvalue weighted by Crippen LogP contribution is -2.10. The second kappa shape index (κ2) is 5.63. The second-order valence-electron chi connectivity index (χ2n) is 4.52. The molecule has 0 amide bonds. The summed E-state index contributed by atoms with van der Waals surface area (Å²) in [6.45, 7) is 1.42. The van der Waals surface area contributed by atoms with E-state index in [4.69, 9.17) is 0 Å². The zero-order valence-electron chi connectivity index (χ0n) is 10.6. The van der Waals surface area contributed by atoms with Gasteiger partial charge in [0.05, 0.1) is 11.7 Å². The van der Waals surface area contributed by atoms with Crippen LogP contribution in [0.1, 0.15) is 22.8 Å². The number of rotatable bonds is 3. The molecule has 0 bridgehead atoms. The third kappa shape index (κ3) is 2.67. The molecule has 0 saturated heterocycles. The maximum atomic E-state index is 13.8. The van der Waals surface area contributed by atoms with Gasteiger partial charge in [0.2, 0.25) is 0 Å². The van der Waals surface area contributed by atoms with Crippen molar-refractivity contribution < 1.29 is 22.7 Å². The molecule has 0 heterocycles. The maximum absolute atomic E-state index is 13.8. The van der Waals surface area contributed by atoms with Crippen LogP contribution in [0.5, 0.6) is 0 Å². The Morgan fingerprint density at radius 3 is 2.35 bits per heavy atom. The fraction of sp³-hybridized carbons (Fsp3) is 0.200. The molecule has 2 rings (SSSR count). The minimum absolute atomic E-state index is 0.141. The number of benzene rings is 2. The van der Waals surface area contributed by atoms with Gasteiger partial charge < -0.3 is 5.11 Å². The molecule has 1 nitrogen and oxygen atoms in total. The molecule has 1 unspecified atom stereocenters. The van der Waals surface area contributed by atoms with Gasteiger partial charge in [0.25, 0.3) is 0 Å². The molecule has 0 saturated carbocycles. The van der Waals surface area contributed by atoms with E-state index in [0.29, 0.717) is 0 Å². The first kappa shape index (κ1) is 14.5. The van der Waals surface area contributed by atoms with Crippen LogP contribution in [0.15, 0.2) is 30.3 Å². The van der Waals surface area contributed by atoms with Gasteiger partial charge >= 0.3 is 0 Å². The molecule has 0 aliphatic rings. The minimum atomic E-state index is -1.59. The molecule has 0 fully saturated rings. The van der Waals surface area contributed by atoms with Gasteiger partial charge in [-0.2, -0.15) is 0 Å². The van der Waals surface area contributed by atoms with Crippen LogP contribution < -0.4 is 0 Å². The molecule has 20 heavy (non-hydrogen) atoms. The molecule has 0 aliphatic carbocycles. The second-order valence-corrected chi connectivity index (χ2v) is 4.52. The van der Waals surface area contributed by atoms with Crippen molar-refractivity contribution in [3.63, 3.8) is 0 Å². The Morgan fingerprint density at radius 1 is 0.950 bits per heavy atom. The van der Waals surface area contributed by atoms with Crippen LogP contribution in [0.3, 0.4) is 0 Å². The quantitative estimate of drug-likeness (QED) is 0.849. The minimum Gasteiger partial charge on any atom is -0.388 e. The van der Waals surface area contributed by atoms with Gasteiger partial charge in [0.1, 0.15) is 11.6 Å². The number of aliphatic hydroxyl groups excluding tert-OH is 1. The van der Waals surface area contributed by atoms with Crippen molar-refractivity contribution >= 4 is 0 Å². The zero-order valence-corrected chi connectivity index (χ0v) is 10.6. The molecule has 0 spiro atoms. The Labute approximate surface area is 113 Å². The van der Waals surface area contributed by atoms with E-state index < -0.39 is 41.4 Å². The standard InChI is InChI=1S/C15H12F4O/c1-8-5-6-10(16)13(14(8)18)12(20)7-9-3-2-4-11(17)15(9)19/h2-6,12,20H,7H2,1H3. The summed E-state index contributed by atoms with van der Waals surface area (Å²) in [5.74, 6) is -3.99. The van der Waals surface area contributed by atoms with Crippen molar-refractivity contribution in [2.45, 2.75) is 19.4 Å². The number of hydrogen-bond donors (Lipinski definition) is 1. The van der Waals surface area contributed by atoms with Crippen LogP contribution >= 0.6 is 0 Å². The zero-order chi connectivity index (χ0) is 14.9. The van der Waals surface area contributed by atoms with Crippen LogP contribution in [-0.4, -0.2) is 5.11 Å². The van der Waals surface area contributed by atoms with E-state index >= 15 is 0 Å². The summed E-state index contributed by atoms with van der Waals surface area (Å²) in [6.07, 6.45) is -2.01. The van der Waals surface area contributed by atoms with Crippen molar-refractivity contribution in [1.29, 1.82) is 0 Å². The van der Waals surface area contributed by atoms with Crippen molar-refractivity contribution in [2.24, 2.45) is 0 Å². The van der Waals surface area contributed by atoms with E-state index in [2.05, 4.69) is 0 Å². The van der Waals surface area contributed by atoms with Gasteiger partial charge in [-0.25, -0.2) is 17.6 Å². The van der Waals surface area contributed by atoms with Gasteiger partial charge in [-0.05, 0) is 30.2 Å². The lowest BCUT2D eigenvalue weighted by atomic mass is 9.98. The van der Waals surface area contributed by atoms with Crippen molar-refractivity contribution in [2.75, 3.05) is 0 Å². The normalized spacial score (nSPS) is 12.5. The molecule has 1 N–H and O–H groups in total. The largest absolute Gasteiger partial charge is 0.388 e. The molecule has 2 aromatic carbocycles. The topological polar surface area (TPSA) is 20.2 Å². The van der Waals surface area contributed by atoms with Crippen molar-refractivity contribution in [1.82, 2.24) is 0 Å². The summed E-state index contributed by atoms with van der Waals surface area (Å²) < 4.78 is 54.0. The molecule has 106 valence electrons. The van der Waals surface area contributed by atoms with Gasteiger partial charge in [-0.1, -0.05) is 18.2 Å². The number of hydrogen-bond acceptors (Lipinski definition) is 1. The van der Waals surface area contributed by atoms with E-state index in [1.165, 1.54) is 25.1 Å². The molecule has 5 heteroatoms. The van der Waals surface area contributed by atoms with Crippen molar-refractivity contribution in [3.05, 3.63) is 70.3 Å². The van der Waals surface area contributed by atoms with Crippen LogP contribution in [0.4, 0.5) is 17.6 Å². The SMILES string of the molecule is Cc1ccc(F)c(C(O)Cc2cccc(F)c2F)c1F. The highest BCUT2D eigenvalue weighted by Crippen LogP contribution is 2.27. The summed E-state index contributed by atoms with van der Waals surface area (Å²) in [7, 11) is 0. The summed E-state index contributed by atoms with van der Waals surface area (Å²) >= 11 is 0. The Kier molecular flexibility index (Phi) is 4.09. The van der Waals surface area contributed by atoms with Gasteiger partial charge in [-0.3, -0.25) is 0 Å². The summed E-state index contributed by atoms with van der Waals surface area (Å²) in [6, 6.07) is 5.72. The molecule has 2 aromatic rings. The van der Waals surface area contributed by atoms with Crippen LogP contribution in [0, 0.1) is 30.2 Å². The predicted octanol–water partition coefficient (Wildman–Crippen LogP) is 3.83. The number of halogens is 4. The average Bonchev–Trinajstić information content (AvgIpc) is 2.40. The molecule has 0 aromatic heterocycles. The highest BCUT2D eigenvalue weighted by atomic mass is 19.2. The van der Waals surface area contributed by atoms with Gasteiger partial charge in [0, 0.05) is 6.42 Å². The fourth-order valence-corrected chi connectivity index (χ4v) is 2.00. The monoisotopic (exact) mass is 284 g/mol. The highest BCUT2D eigenvalue weighted by molar-refractivity contribution is 5.30. The Balaban J connectivity index is 2.36. The lowest BCUT2D eigenvalue weighted by Gasteiger charge is -2.15. The van der Waals surface area contributed by atoms with Crippen LogP contribution in [0.2, 0.25) is 0 Å². The van der Waals surface area contributed by atoms with E-state index in [1.807, 2.05) is 0 Å². The first-order valence-electron chi connectivity index (χ1n) is 5.97. The lowest BCUT2D eigenvalue weighted by molar-refractivity contribution is 0.166. The maximum Gasteiger partial charge on any atom is 0.162 e. The number of aryl methyl sites for hydroxylation is 1. The summed E-state index contributed by atoms with van der Waals surface area (Å²) in [4.78, 5) is 0. The predicted molar refractivity (Wildman–Crippen MR) is 66.1 cm³/mol. The van der Waals surface area contributed by atoms with Crippen LogP contribution in [0.25, 0.3) is 0 Å². The molecule has 0 radical (unpaired) electrons. The molecule has 0 aliphatic heterocycles. The van der Waals surface area contributed by atoms with E-state index in [1.54, 1.807) is 0 Å². The van der Waals surface area contributed by atoms with E-state index in [9.17, 15) is 22.7 Å². The summed E-state index contributed by atoms with van der Waals surface area (Å²) in [5, 5.41) is 9.91. The third-order valence-corrected chi connectivity index (χ3v) is 3.10. The molecular formula is C15H12F4O. The fourth-order valence-electron chi connectivity index (χ4n) is 2.00. The van der Waals surface area contributed by atoms with Gasteiger partial charge in [0.15, 0.2) is 11.6 Å². The van der Waals surface area contributed by atoms with E-state index in [-0.39, 0.29) is 11.1 Å². The molecular weight excluding hydrogens is 272 g/mol. The Morgan fingerprint density at radius 2 is 1.65 bits per heavy atom. The van der Waals surface area contributed by atoms with Crippen molar-refractivity contribution in [3.8, 4) is 0 Å². The van der Waals surface area contributed by atoms with Gasteiger partial charge in [-0.15, -0.1) is 0 Å². The third-order valence-electron chi connectivity index (χ3n) is 3.10. The number of aliphatic hydroxyl groups is 1. The summed E-state index contributed by atoms with van der Waals surface area (Å²) in [5.41, 5.74) is -0.508. The Bertz CT molecular complexity index is 640. The average molecular weight is 284 g/mol. The highest BCUT2D eigenvalue weighted by Gasteiger charge is 2.21. The van der Waals surface area contributed by atoms with E-state index in [0.717, 1.165) is 12.1 Å².